The van der Waals surface area contributed by atoms with Gasteiger partial charge in [-0.25, -0.2) is 4.79 Å². The second-order valence-corrected chi connectivity index (χ2v) is 6.40. The highest BCUT2D eigenvalue weighted by Gasteiger charge is 2.24. The molecule has 1 aliphatic carbocycles. The van der Waals surface area contributed by atoms with Crippen LogP contribution in [-0.4, -0.2) is 41.7 Å². The molecule has 1 saturated heterocycles. The van der Waals surface area contributed by atoms with Gasteiger partial charge >= 0.3 is 5.97 Å². The topological polar surface area (TPSA) is 52.6 Å². The Hall–Kier alpha value is -1.39. The minimum absolute atomic E-state index is 0.364. The van der Waals surface area contributed by atoms with E-state index in [1.165, 1.54) is 37.8 Å². The summed E-state index contributed by atoms with van der Waals surface area (Å²) >= 11 is 0. The van der Waals surface area contributed by atoms with Crippen LogP contribution in [0.3, 0.4) is 0 Å². The molecule has 0 aromatic heterocycles. The Morgan fingerprint density at radius 2 is 1.81 bits per heavy atom. The van der Waals surface area contributed by atoms with Crippen LogP contribution in [0.25, 0.3) is 0 Å². The van der Waals surface area contributed by atoms with Crippen molar-refractivity contribution in [1.82, 2.24) is 10.2 Å². The van der Waals surface area contributed by atoms with Gasteiger partial charge < -0.3 is 10.4 Å². The number of carbonyl (C=O) groups is 1. The number of carboxylic acid groups (broad SMARTS) is 1. The van der Waals surface area contributed by atoms with Gasteiger partial charge in [0.2, 0.25) is 0 Å². The highest BCUT2D eigenvalue weighted by molar-refractivity contribution is 5.87. The Bertz CT molecular complexity index is 474. The third kappa shape index (κ3) is 4.29. The van der Waals surface area contributed by atoms with E-state index in [1.54, 1.807) is 12.1 Å². The monoisotopic (exact) mass is 288 g/mol. The lowest BCUT2D eigenvalue weighted by atomic mass is 9.96. The summed E-state index contributed by atoms with van der Waals surface area (Å²) in [7, 11) is 0. The molecule has 3 rings (SSSR count). The number of hydrogen-bond acceptors (Lipinski definition) is 3. The molecule has 4 nitrogen and oxygen atoms in total. The maximum absolute atomic E-state index is 10.8. The Kier molecular flexibility index (Phi) is 4.56. The quantitative estimate of drug-likeness (QED) is 0.843. The van der Waals surface area contributed by atoms with Gasteiger partial charge in [0.15, 0.2) is 0 Å². The molecule has 1 saturated carbocycles. The maximum atomic E-state index is 10.8. The standard InChI is InChI=1S/C17H24N2O2/c20-17(21)15-3-1-14(2-4-15)12-19-9-7-13(8-10-19)11-18-16-5-6-16/h1-4,13,16,18H,5-12H2,(H,20,21). The van der Waals surface area contributed by atoms with Crippen LogP contribution in [0.1, 0.15) is 41.6 Å². The highest BCUT2D eigenvalue weighted by Crippen LogP contribution is 2.22. The van der Waals surface area contributed by atoms with Crippen molar-refractivity contribution in [2.24, 2.45) is 5.92 Å². The zero-order valence-electron chi connectivity index (χ0n) is 12.4. The van der Waals surface area contributed by atoms with E-state index in [0.29, 0.717) is 5.56 Å². The molecule has 0 radical (unpaired) electrons. The van der Waals surface area contributed by atoms with Crippen molar-refractivity contribution in [2.45, 2.75) is 38.3 Å². The van der Waals surface area contributed by atoms with Crippen molar-refractivity contribution in [3.05, 3.63) is 35.4 Å². The summed E-state index contributed by atoms with van der Waals surface area (Å²) in [6, 6.07) is 8.08. The molecule has 0 atom stereocenters. The molecule has 2 aliphatic rings. The smallest absolute Gasteiger partial charge is 0.335 e. The molecule has 0 unspecified atom stereocenters. The first-order chi connectivity index (χ1) is 10.2. The molecule has 1 aromatic carbocycles. The van der Waals surface area contributed by atoms with Crippen molar-refractivity contribution < 1.29 is 9.90 Å². The highest BCUT2D eigenvalue weighted by atomic mass is 16.4. The number of nitrogens with zero attached hydrogens (tertiary/aromatic N) is 1. The van der Waals surface area contributed by atoms with Gasteiger partial charge in [0.25, 0.3) is 0 Å². The summed E-state index contributed by atoms with van der Waals surface area (Å²) in [5.74, 6) is -0.0261. The summed E-state index contributed by atoms with van der Waals surface area (Å²) in [4.78, 5) is 13.3. The van der Waals surface area contributed by atoms with E-state index in [4.69, 9.17) is 5.11 Å². The molecule has 0 amide bonds. The zero-order valence-corrected chi connectivity index (χ0v) is 12.4. The second kappa shape index (κ2) is 6.58. The van der Waals surface area contributed by atoms with Gasteiger partial charge in [-0.2, -0.15) is 0 Å². The van der Waals surface area contributed by atoms with Gasteiger partial charge in [-0.15, -0.1) is 0 Å². The normalized spacial score (nSPS) is 20.6. The molecular weight excluding hydrogens is 264 g/mol. The molecule has 4 heteroatoms. The van der Waals surface area contributed by atoms with Crippen LogP contribution < -0.4 is 5.32 Å². The third-order valence-corrected chi connectivity index (χ3v) is 4.59. The number of benzene rings is 1. The molecule has 21 heavy (non-hydrogen) atoms. The molecule has 114 valence electrons. The fraction of sp³-hybridized carbons (Fsp3) is 0.588. The predicted molar refractivity (Wildman–Crippen MR) is 82.4 cm³/mol. The summed E-state index contributed by atoms with van der Waals surface area (Å²) in [5.41, 5.74) is 1.57. The maximum Gasteiger partial charge on any atom is 0.335 e. The molecule has 1 aromatic rings. The lowest BCUT2D eigenvalue weighted by Gasteiger charge is -2.32. The van der Waals surface area contributed by atoms with Gasteiger partial charge in [0.05, 0.1) is 5.56 Å². The molecule has 2 N–H and O–H groups in total. The van der Waals surface area contributed by atoms with Crippen LogP contribution in [0, 0.1) is 5.92 Å². The predicted octanol–water partition coefficient (Wildman–Crippen LogP) is 2.35. The zero-order chi connectivity index (χ0) is 14.7. The third-order valence-electron chi connectivity index (χ3n) is 4.59. The van der Waals surface area contributed by atoms with Gasteiger partial charge in [-0.1, -0.05) is 12.1 Å². The first-order valence-electron chi connectivity index (χ1n) is 7.98. The summed E-state index contributed by atoms with van der Waals surface area (Å²) in [6.07, 6.45) is 5.27. The summed E-state index contributed by atoms with van der Waals surface area (Å²) in [6.45, 7) is 4.42. The number of hydrogen-bond donors (Lipinski definition) is 2. The van der Waals surface area contributed by atoms with E-state index in [2.05, 4.69) is 10.2 Å². The molecule has 1 aliphatic heterocycles. The fourth-order valence-electron chi connectivity index (χ4n) is 2.98. The minimum Gasteiger partial charge on any atom is -0.478 e. The van der Waals surface area contributed by atoms with Crippen LogP contribution in [0.4, 0.5) is 0 Å². The van der Waals surface area contributed by atoms with Crippen molar-refractivity contribution in [1.29, 1.82) is 0 Å². The van der Waals surface area contributed by atoms with Crippen LogP contribution in [0.5, 0.6) is 0 Å². The van der Waals surface area contributed by atoms with Crippen LogP contribution in [-0.2, 0) is 6.54 Å². The SMILES string of the molecule is O=C(O)c1ccc(CN2CCC(CNC3CC3)CC2)cc1. The molecule has 0 spiro atoms. The molecule has 1 heterocycles. The van der Waals surface area contributed by atoms with Gasteiger partial charge in [-0.3, -0.25) is 4.90 Å². The Morgan fingerprint density at radius 1 is 1.14 bits per heavy atom. The van der Waals surface area contributed by atoms with Crippen molar-refractivity contribution in [3.8, 4) is 0 Å². The Morgan fingerprint density at radius 3 is 2.38 bits per heavy atom. The number of rotatable bonds is 6. The van der Waals surface area contributed by atoms with Crippen molar-refractivity contribution in [2.75, 3.05) is 19.6 Å². The molecular formula is C17H24N2O2. The van der Waals surface area contributed by atoms with E-state index in [0.717, 1.165) is 31.6 Å². The average Bonchev–Trinajstić information content (AvgIpc) is 3.31. The fourth-order valence-corrected chi connectivity index (χ4v) is 2.98. The van der Waals surface area contributed by atoms with Crippen molar-refractivity contribution in [3.63, 3.8) is 0 Å². The van der Waals surface area contributed by atoms with E-state index < -0.39 is 5.97 Å². The Balaban J connectivity index is 1.42. The van der Waals surface area contributed by atoms with E-state index in [-0.39, 0.29) is 0 Å². The van der Waals surface area contributed by atoms with Crippen LogP contribution in [0.15, 0.2) is 24.3 Å². The lowest BCUT2D eigenvalue weighted by molar-refractivity contribution is 0.0697. The van der Waals surface area contributed by atoms with Gasteiger partial charge in [-0.05, 0) is 68.9 Å². The average molecular weight is 288 g/mol. The number of aromatic carboxylic acids is 1. The van der Waals surface area contributed by atoms with Crippen LogP contribution >= 0.6 is 0 Å². The first kappa shape index (κ1) is 14.5. The van der Waals surface area contributed by atoms with E-state index >= 15 is 0 Å². The van der Waals surface area contributed by atoms with E-state index in [1.807, 2.05) is 12.1 Å². The summed E-state index contributed by atoms with van der Waals surface area (Å²) < 4.78 is 0. The van der Waals surface area contributed by atoms with Crippen molar-refractivity contribution >= 4 is 5.97 Å². The number of nitrogens with one attached hydrogen (secondary N) is 1. The first-order valence-corrected chi connectivity index (χ1v) is 7.98. The molecule has 2 fully saturated rings. The number of carboxylic acids is 1. The molecule has 0 bridgehead atoms. The number of likely N-dealkylation sites (tertiary alicyclic amines) is 1. The van der Waals surface area contributed by atoms with E-state index in [9.17, 15) is 4.79 Å². The van der Waals surface area contributed by atoms with Gasteiger partial charge in [0, 0.05) is 12.6 Å². The van der Waals surface area contributed by atoms with Crippen LogP contribution in [0.2, 0.25) is 0 Å². The largest absolute Gasteiger partial charge is 0.478 e. The summed E-state index contributed by atoms with van der Waals surface area (Å²) in [5, 5.41) is 12.5. The lowest BCUT2D eigenvalue weighted by Crippen LogP contribution is -2.37. The van der Waals surface area contributed by atoms with Gasteiger partial charge in [0.1, 0.15) is 0 Å². The minimum atomic E-state index is -0.856. The number of piperidine rings is 1. The second-order valence-electron chi connectivity index (χ2n) is 6.40. The Labute approximate surface area is 126 Å².